The van der Waals surface area contributed by atoms with Crippen molar-refractivity contribution in [3.05, 3.63) is 89.0 Å². The Balaban J connectivity index is 2.01. The minimum atomic E-state index is -0.349. The number of fused-ring (bicyclic) bond motifs is 4. The number of benzene rings is 3. The zero-order chi connectivity index (χ0) is 17.7. The van der Waals surface area contributed by atoms with E-state index in [-0.39, 0.29) is 11.4 Å². The number of rotatable bonds is 1. The highest BCUT2D eigenvalue weighted by Crippen LogP contribution is 2.24. The molecule has 124 valence electrons. The predicted octanol–water partition coefficient (Wildman–Crippen LogP) is 4.23. The van der Waals surface area contributed by atoms with Crippen LogP contribution in [0.25, 0.3) is 38.7 Å². The van der Waals surface area contributed by atoms with Crippen LogP contribution in [0.2, 0.25) is 0 Å². The Labute approximate surface area is 147 Å². The maximum absolute atomic E-state index is 13.3. The molecule has 0 saturated carbocycles. The topological polar surface area (TPSA) is 47.8 Å². The van der Waals surface area contributed by atoms with Crippen molar-refractivity contribution in [3.63, 3.8) is 0 Å². The molecule has 5 heteroatoms. The van der Waals surface area contributed by atoms with Gasteiger partial charge in [0.05, 0.1) is 16.6 Å². The zero-order valence-electron chi connectivity index (χ0n) is 13.6. The molecule has 0 unspecified atom stereocenters. The molecule has 0 atom stereocenters. The van der Waals surface area contributed by atoms with Gasteiger partial charge in [0.15, 0.2) is 5.52 Å². The van der Waals surface area contributed by atoms with E-state index in [2.05, 4.69) is 9.97 Å². The molecule has 0 aliphatic carbocycles. The van der Waals surface area contributed by atoms with Crippen LogP contribution in [0.1, 0.15) is 0 Å². The number of pyridine rings is 1. The Morgan fingerprint density at radius 2 is 1.35 bits per heavy atom. The first-order chi connectivity index (χ1) is 12.7. The van der Waals surface area contributed by atoms with E-state index in [1.807, 2.05) is 48.5 Å². The summed E-state index contributed by atoms with van der Waals surface area (Å²) in [5, 5.41) is 0.824. The lowest BCUT2D eigenvalue weighted by molar-refractivity contribution is 0.627. The van der Waals surface area contributed by atoms with E-state index in [4.69, 9.17) is 0 Å². The van der Waals surface area contributed by atoms with Gasteiger partial charge in [0.2, 0.25) is 0 Å². The smallest absolute Gasteiger partial charge is 0.275 e. The molecular weight excluding hydrogens is 329 g/mol. The predicted molar refractivity (Wildman–Crippen MR) is 100 cm³/mol. The molecule has 5 aromatic rings. The van der Waals surface area contributed by atoms with E-state index >= 15 is 0 Å². The summed E-state index contributed by atoms with van der Waals surface area (Å²) < 4.78 is 14.9. The molecule has 2 heterocycles. The van der Waals surface area contributed by atoms with E-state index in [1.54, 1.807) is 16.7 Å². The first kappa shape index (κ1) is 14.7. The molecule has 0 fully saturated rings. The lowest BCUT2D eigenvalue weighted by atomic mass is 10.1. The Bertz CT molecular complexity index is 1360. The third-order valence-electron chi connectivity index (χ3n) is 4.46. The standard InChI is InChI=1S/C21H12FN3O/c22-13-9-11-14(12-10-13)25-18-8-4-1-5-15(18)19-20(21(25)26)24-17-7-3-2-6-16(17)23-19/h1-12H. The molecule has 0 aliphatic heterocycles. The molecule has 0 spiro atoms. The van der Waals surface area contributed by atoms with Crippen LogP contribution in [0.4, 0.5) is 4.39 Å². The van der Waals surface area contributed by atoms with Crippen LogP contribution in [0, 0.1) is 5.82 Å². The van der Waals surface area contributed by atoms with Gasteiger partial charge in [-0.15, -0.1) is 0 Å². The van der Waals surface area contributed by atoms with E-state index in [0.717, 1.165) is 10.9 Å². The highest BCUT2D eigenvalue weighted by atomic mass is 19.1. The van der Waals surface area contributed by atoms with Gasteiger partial charge < -0.3 is 0 Å². The monoisotopic (exact) mass is 341 g/mol. The first-order valence-corrected chi connectivity index (χ1v) is 8.18. The maximum atomic E-state index is 13.3. The fourth-order valence-electron chi connectivity index (χ4n) is 3.27. The van der Waals surface area contributed by atoms with E-state index in [1.165, 1.54) is 12.1 Å². The van der Waals surface area contributed by atoms with Gasteiger partial charge in [-0.3, -0.25) is 9.36 Å². The van der Waals surface area contributed by atoms with E-state index in [0.29, 0.717) is 27.8 Å². The second-order valence-corrected chi connectivity index (χ2v) is 6.04. The zero-order valence-corrected chi connectivity index (χ0v) is 13.6. The summed E-state index contributed by atoms with van der Waals surface area (Å²) in [6.45, 7) is 0. The summed E-state index contributed by atoms with van der Waals surface area (Å²) in [5.74, 6) is -0.349. The van der Waals surface area contributed by atoms with Crippen LogP contribution in [0.5, 0.6) is 0 Å². The Morgan fingerprint density at radius 3 is 2.08 bits per heavy atom. The van der Waals surface area contributed by atoms with Crippen LogP contribution in [0.15, 0.2) is 77.6 Å². The summed E-state index contributed by atoms with van der Waals surface area (Å²) in [7, 11) is 0. The average Bonchev–Trinajstić information content (AvgIpc) is 2.68. The fraction of sp³-hybridized carbons (Fsp3) is 0. The summed E-state index contributed by atoms with van der Waals surface area (Å²) in [6, 6.07) is 20.9. The fourth-order valence-corrected chi connectivity index (χ4v) is 3.27. The summed E-state index contributed by atoms with van der Waals surface area (Å²) >= 11 is 0. The average molecular weight is 341 g/mol. The Morgan fingerprint density at radius 1 is 0.731 bits per heavy atom. The number of halogens is 1. The van der Waals surface area contributed by atoms with Crippen molar-refractivity contribution in [1.82, 2.24) is 14.5 Å². The lowest BCUT2D eigenvalue weighted by Gasteiger charge is -2.13. The highest BCUT2D eigenvalue weighted by molar-refractivity contribution is 6.04. The quantitative estimate of drug-likeness (QED) is 0.339. The van der Waals surface area contributed by atoms with Gasteiger partial charge in [-0.2, -0.15) is 0 Å². The minimum absolute atomic E-state index is 0.274. The van der Waals surface area contributed by atoms with Gasteiger partial charge in [-0.05, 0) is 42.5 Å². The normalized spacial score (nSPS) is 11.4. The summed E-state index contributed by atoms with van der Waals surface area (Å²) in [6.07, 6.45) is 0. The van der Waals surface area contributed by atoms with Crippen molar-refractivity contribution >= 4 is 33.0 Å². The van der Waals surface area contributed by atoms with Crippen LogP contribution in [-0.4, -0.2) is 14.5 Å². The summed E-state index contributed by atoms with van der Waals surface area (Å²) in [5.41, 5.74) is 3.30. The van der Waals surface area contributed by atoms with Gasteiger partial charge in [-0.25, -0.2) is 14.4 Å². The molecule has 4 nitrogen and oxygen atoms in total. The molecule has 0 N–H and O–H groups in total. The van der Waals surface area contributed by atoms with Gasteiger partial charge in [0.25, 0.3) is 5.56 Å². The molecule has 0 saturated heterocycles. The molecule has 26 heavy (non-hydrogen) atoms. The van der Waals surface area contributed by atoms with E-state index < -0.39 is 0 Å². The highest BCUT2D eigenvalue weighted by Gasteiger charge is 2.15. The van der Waals surface area contributed by atoms with Crippen molar-refractivity contribution in [2.75, 3.05) is 0 Å². The van der Waals surface area contributed by atoms with Gasteiger partial charge in [0, 0.05) is 11.1 Å². The van der Waals surface area contributed by atoms with Crippen LogP contribution >= 0.6 is 0 Å². The maximum Gasteiger partial charge on any atom is 0.283 e. The Hall–Kier alpha value is -3.60. The third kappa shape index (κ3) is 2.10. The SMILES string of the molecule is O=c1c2nc3ccccc3nc2c2ccccc2n1-c1ccc(F)cc1. The molecule has 3 aromatic carbocycles. The molecule has 2 aromatic heterocycles. The molecule has 5 rings (SSSR count). The van der Waals surface area contributed by atoms with Gasteiger partial charge in [0.1, 0.15) is 11.3 Å². The van der Waals surface area contributed by atoms with Crippen LogP contribution in [0.3, 0.4) is 0 Å². The van der Waals surface area contributed by atoms with Crippen molar-refractivity contribution < 1.29 is 4.39 Å². The van der Waals surface area contributed by atoms with Crippen LogP contribution in [-0.2, 0) is 0 Å². The third-order valence-corrected chi connectivity index (χ3v) is 4.46. The molecule has 0 aliphatic rings. The van der Waals surface area contributed by atoms with Crippen molar-refractivity contribution in [2.24, 2.45) is 0 Å². The number of nitrogens with zero attached hydrogens (tertiary/aromatic N) is 3. The number of aromatic nitrogens is 3. The minimum Gasteiger partial charge on any atom is -0.275 e. The summed E-state index contributed by atoms with van der Waals surface area (Å²) in [4.78, 5) is 22.5. The number of hydrogen-bond acceptors (Lipinski definition) is 3. The second kappa shape index (κ2) is 5.46. The van der Waals surface area contributed by atoms with Crippen molar-refractivity contribution in [3.8, 4) is 5.69 Å². The van der Waals surface area contributed by atoms with Crippen molar-refractivity contribution in [2.45, 2.75) is 0 Å². The molecular formula is C21H12FN3O. The van der Waals surface area contributed by atoms with E-state index in [9.17, 15) is 9.18 Å². The largest absolute Gasteiger partial charge is 0.283 e. The molecule has 0 amide bonds. The van der Waals surface area contributed by atoms with Gasteiger partial charge >= 0.3 is 0 Å². The second-order valence-electron chi connectivity index (χ2n) is 6.04. The molecule has 0 radical (unpaired) electrons. The van der Waals surface area contributed by atoms with Crippen molar-refractivity contribution in [1.29, 1.82) is 0 Å². The first-order valence-electron chi connectivity index (χ1n) is 8.18. The lowest BCUT2D eigenvalue weighted by Crippen LogP contribution is -2.20. The Kier molecular flexibility index (Phi) is 3.09. The van der Waals surface area contributed by atoms with Crippen LogP contribution < -0.4 is 5.56 Å². The number of hydrogen-bond donors (Lipinski definition) is 0. The van der Waals surface area contributed by atoms with Gasteiger partial charge in [-0.1, -0.05) is 30.3 Å². The molecule has 0 bridgehead atoms. The number of para-hydroxylation sites is 3.